The molecule has 2 fully saturated rings. The van der Waals surface area contributed by atoms with E-state index in [1.54, 1.807) is 18.1 Å². The van der Waals surface area contributed by atoms with Crippen LogP contribution in [0.15, 0.2) is 36.4 Å². The van der Waals surface area contributed by atoms with Gasteiger partial charge in [0.25, 0.3) is 5.91 Å². The molecule has 36 heavy (non-hydrogen) atoms. The maximum atomic E-state index is 13.0. The number of benzene rings is 2. The van der Waals surface area contributed by atoms with E-state index in [4.69, 9.17) is 25.8 Å². The van der Waals surface area contributed by atoms with Crippen LogP contribution in [0.5, 0.6) is 17.2 Å². The maximum absolute atomic E-state index is 13.0. The summed E-state index contributed by atoms with van der Waals surface area (Å²) in [5.74, 6) is 1.03. The van der Waals surface area contributed by atoms with Crippen LogP contribution < -0.4 is 9.47 Å². The van der Waals surface area contributed by atoms with Crippen LogP contribution in [0, 0.1) is 0 Å². The summed E-state index contributed by atoms with van der Waals surface area (Å²) in [6, 6.07) is 10.3. The van der Waals surface area contributed by atoms with Gasteiger partial charge in [-0.2, -0.15) is 0 Å². The van der Waals surface area contributed by atoms with Crippen molar-refractivity contribution in [3.63, 3.8) is 0 Å². The van der Waals surface area contributed by atoms with Crippen LogP contribution >= 0.6 is 11.6 Å². The molecular weight excluding hydrogens is 484 g/mol. The van der Waals surface area contributed by atoms with Gasteiger partial charge >= 0.3 is 0 Å². The lowest BCUT2D eigenvalue weighted by molar-refractivity contribution is -0.00202. The van der Waals surface area contributed by atoms with E-state index in [1.807, 2.05) is 18.2 Å². The van der Waals surface area contributed by atoms with Gasteiger partial charge in [-0.05, 0) is 42.3 Å². The van der Waals surface area contributed by atoms with Crippen LogP contribution in [0.2, 0.25) is 5.02 Å². The van der Waals surface area contributed by atoms with Crippen molar-refractivity contribution in [3.8, 4) is 17.2 Å². The minimum atomic E-state index is -0.741. The first kappa shape index (κ1) is 25.1. The van der Waals surface area contributed by atoms with Crippen molar-refractivity contribution in [2.75, 3.05) is 46.4 Å². The lowest BCUT2D eigenvalue weighted by Crippen LogP contribution is -2.49. The second-order valence-corrected chi connectivity index (χ2v) is 10.5. The first-order chi connectivity index (χ1) is 17.3. The molecule has 1 spiro atoms. The number of β-amino-alcohol motifs (C(OH)–C–C–N with tert-alkyl or cyclic N) is 1. The van der Waals surface area contributed by atoms with Crippen LogP contribution in [-0.2, 0) is 11.2 Å². The summed E-state index contributed by atoms with van der Waals surface area (Å²) in [4.78, 5) is 17.0. The van der Waals surface area contributed by atoms with Gasteiger partial charge in [0.2, 0.25) is 0 Å². The molecule has 5 rings (SSSR count). The number of aromatic hydroxyl groups is 1. The zero-order valence-electron chi connectivity index (χ0n) is 20.5. The van der Waals surface area contributed by atoms with E-state index in [1.165, 1.54) is 12.1 Å². The normalized spacial score (nSPS) is 21.9. The number of phenolic OH excluding ortho intramolecular Hbond substituents is 1. The summed E-state index contributed by atoms with van der Waals surface area (Å²) in [6.45, 7) is 3.23. The van der Waals surface area contributed by atoms with E-state index >= 15 is 0 Å². The fraction of sp³-hybridized carbons (Fsp3) is 0.519. The summed E-state index contributed by atoms with van der Waals surface area (Å²) >= 11 is 6.14. The third-order valence-electron chi connectivity index (χ3n) is 7.49. The fourth-order valence-corrected chi connectivity index (χ4v) is 5.64. The van der Waals surface area contributed by atoms with Gasteiger partial charge in [0.15, 0.2) is 0 Å². The first-order valence-corrected chi connectivity index (χ1v) is 12.9. The Hall–Kier alpha value is -2.52. The molecule has 0 radical (unpaired) electrons. The molecule has 2 N–H and O–H groups in total. The standard InChI is InChI=1S/C27H33ClN2O6/c1-34-22-6-9-30(16-22)26(33)23-4-3-20(31)13-25(23)35-17-21(32)15-29-10-7-27(8-11-29)14-18-12-19(28)2-5-24(18)36-27/h2-5,12-13,21-22,31-32H,6-11,14-17H2,1H3/t21-,22+/m1/s1. The molecule has 9 heteroatoms. The molecule has 2 saturated heterocycles. The SMILES string of the molecule is CO[C@H]1CCN(C(=O)c2ccc(O)cc2OC[C@H](O)CN2CCC3(CC2)Cc2cc(Cl)ccc2O3)C1. The monoisotopic (exact) mass is 516 g/mol. The number of piperidine rings is 1. The van der Waals surface area contributed by atoms with Crippen LogP contribution in [0.4, 0.5) is 0 Å². The topological polar surface area (TPSA) is 91.7 Å². The van der Waals surface area contributed by atoms with Gasteiger partial charge in [-0.3, -0.25) is 4.79 Å². The summed E-state index contributed by atoms with van der Waals surface area (Å²) in [6.07, 6.45) is 2.68. The largest absolute Gasteiger partial charge is 0.508 e. The smallest absolute Gasteiger partial charge is 0.257 e. The Morgan fingerprint density at radius 2 is 2.03 bits per heavy atom. The zero-order chi connectivity index (χ0) is 25.3. The van der Waals surface area contributed by atoms with E-state index in [2.05, 4.69) is 4.90 Å². The van der Waals surface area contributed by atoms with E-state index in [-0.39, 0.29) is 35.7 Å². The van der Waals surface area contributed by atoms with Crippen molar-refractivity contribution in [2.45, 2.75) is 43.5 Å². The highest BCUT2D eigenvalue weighted by molar-refractivity contribution is 6.30. The second-order valence-electron chi connectivity index (χ2n) is 10.1. The number of phenols is 1. The number of fused-ring (bicyclic) bond motifs is 1. The van der Waals surface area contributed by atoms with Crippen LogP contribution in [0.1, 0.15) is 35.2 Å². The van der Waals surface area contributed by atoms with Gasteiger partial charge in [-0.25, -0.2) is 0 Å². The summed E-state index contributed by atoms with van der Waals surface area (Å²) in [7, 11) is 1.65. The molecule has 2 aromatic rings. The number of hydrogen-bond acceptors (Lipinski definition) is 7. The van der Waals surface area contributed by atoms with Gasteiger partial charge in [0.05, 0.1) is 11.7 Å². The average Bonchev–Trinajstić information content (AvgIpc) is 3.48. The lowest BCUT2D eigenvalue weighted by atomic mass is 9.87. The minimum absolute atomic E-state index is 0.00686. The minimum Gasteiger partial charge on any atom is -0.508 e. The molecule has 0 aliphatic carbocycles. The Bertz CT molecular complexity index is 1100. The Balaban J connectivity index is 1.13. The van der Waals surface area contributed by atoms with E-state index < -0.39 is 6.10 Å². The van der Waals surface area contributed by atoms with Gasteiger partial charge in [-0.15, -0.1) is 0 Å². The summed E-state index contributed by atoms with van der Waals surface area (Å²) in [5, 5.41) is 21.4. The quantitative estimate of drug-likeness (QED) is 0.584. The van der Waals surface area contributed by atoms with Crippen molar-refractivity contribution < 1.29 is 29.2 Å². The van der Waals surface area contributed by atoms with Gasteiger partial charge in [0.1, 0.15) is 35.6 Å². The second kappa shape index (κ2) is 10.5. The van der Waals surface area contributed by atoms with Gasteiger partial charge in [0, 0.05) is 70.2 Å². The summed E-state index contributed by atoms with van der Waals surface area (Å²) < 4.78 is 17.5. The number of hydrogen-bond donors (Lipinski definition) is 2. The van der Waals surface area contributed by atoms with Gasteiger partial charge in [-0.1, -0.05) is 11.6 Å². The van der Waals surface area contributed by atoms with Crippen molar-refractivity contribution in [1.82, 2.24) is 9.80 Å². The van der Waals surface area contributed by atoms with Crippen molar-refractivity contribution in [1.29, 1.82) is 0 Å². The number of nitrogens with zero attached hydrogens (tertiary/aromatic N) is 2. The fourth-order valence-electron chi connectivity index (χ4n) is 5.44. The third kappa shape index (κ3) is 5.42. The number of aliphatic hydroxyl groups excluding tert-OH is 1. The Morgan fingerprint density at radius 3 is 2.78 bits per heavy atom. The molecule has 3 aliphatic rings. The van der Waals surface area contributed by atoms with Crippen LogP contribution in [0.3, 0.4) is 0 Å². The number of methoxy groups -OCH3 is 1. The highest BCUT2D eigenvalue weighted by atomic mass is 35.5. The summed E-state index contributed by atoms with van der Waals surface area (Å²) in [5.41, 5.74) is 1.33. The predicted molar refractivity (Wildman–Crippen MR) is 135 cm³/mol. The highest BCUT2D eigenvalue weighted by Gasteiger charge is 2.42. The molecule has 1 amide bonds. The number of ether oxygens (including phenoxy) is 3. The molecule has 0 aromatic heterocycles. The van der Waals surface area contributed by atoms with Crippen LogP contribution in [0.25, 0.3) is 0 Å². The predicted octanol–water partition coefficient (Wildman–Crippen LogP) is 3.12. The molecule has 194 valence electrons. The van der Waals surface area contributed by atoms with E-state index in [0.29, 0.717) is 25.2 Å². The molecule has 0 bridgehead atoms. The Morgan fingerprint density at radius 1 is 1.22 bits per heavy atom. The Labute approximate surface area is 216 Å². The number of likely N-dealkylation sites (tertiary alicyclic amines) is 2. The molecule has 3 heterocycles. The maximum Gasteiger partial charge on any atom is 0.257 e. The lowest BCUT2D eigenvalue weighted by Gasteiger charge is -2.39. The van der Waals surface area contributed by atoms with Crippen molar-refractivity contribution >= 4 is 17.5 Å². The van der Waals surface area contributed by atoms with E-state index in [0.717, 1.165) is 55.1 Å². The zero-order valence-corrected chi connectivity index (χ0v) is 21.2. The number of amides is 1. The molecule has 8 nitrogen and oxygen atoms in total. The molecule has 2 atom stereocenters. The number of carbonyl (C=O) groups excluding carboxylic acids is 1. The number of aliphatic hydroxyl groups is 1. The van der Waals surface area contributed by atoms with Gasteiger partial charge < -0.3 is 34.2 Å². The number of rotatable bonds is 7. The highest BCUT2D eigenvalue weighted by Crippen LogP contribution is 2.42. The molecular formula is C27H33ClN2O6. The molecule has 2 aromatic carbocycles. The van der Waals surface area contributed by atoms with Crippen molar-refractivity contribution in [3.05, 3.63) is 52.5 Å². The first-order valence-electron chi connectivity index (χ1n) is 12.5. The molecule has 3 aliphatic heterocycles. The van der Waals surface area contributed by atoms with Crippen molar-refractivity contribution in [2.24, 2.45) is 0 Å². The molecule has 0 unspecified atom stereocenters. The number of carbonyl (C=O) groups is 1. The Kier molecular flexibility index (Phi) is 7.30. The third-order valence-corrected chi connectivity index (χ3v) is 7.73. The van der Waals surface area contributed by atoms with E-state index in [9.17, 15) is 15.0 Å². The number of halogens is 1. The van der Waals surface area contributed by atoms with Crippen LogP contribution in [-0.4, -0.2) is 90.2 Å². The molecule has 0 saturated carbocycles. The average molecular weight is 517 g/mol.